The van der Waals surface area contributed by atoms with Crippen molar-refractivity contribution in [3.63, 3.8) is 0 Å². The first-order valence-electron chi connectivity index (χ1n) is 7.61. The summed E-state index contributed by atoms with van der Waals surface area (Å²) < 4.78 is 7.80. The lowest BCUT2D eigenvalue weighted by Crippen LogP contribution is -2.06. The molecule has 0 saturated carbocycles. The minimum Gasteiger partial charge on any atom is -0.486 e. The number of hydrogen-bond donors (Lipinski definition) is 1. The van der Waals surface area contributed by atoms with Crippen LogP contribution >= 0.6 is 12.6 Å². The molecule has 0 saturated heterocycles. The molecule has 4 nitrogen and oxygen atoms in total. The highest BCUT2D eigenvalue weighted by atomic mass is 32.1. The van der Waals surface area contributed by atoms with Crippen LogP contribution < -0.4 is 4.74 Å². The fraction of sp³-hybridized carbons (Fsp3) is 0.0526. The number of benzene rings is 3. The van der Waals surface area contributed by atoms with E-state index in [1.165, 1.54) is 5.39 Å². The van der Waals surface area contributed by atoms with Crippen molar-refractivity contribution in [2.24, 2.45) is 0 Å². The van der Waals surface area contributed by atoms with Crippen molar-refractivity contribution in [1.29, 1.82) is 0 Å². The number of thiol groups is 1. The van der Waals surface area contributed by atoms with E-state index in [2.05, 4.69) is 41.0 Å². The van der Waals surface area contributed by atoms with Crippen molar-refractivity contribution in [2.45, 2.75) is 11.8 Å². The van der Waals surface area contributed by atoms with Gasteiger partial charge in [0.1, 0.15) is 12.4 Å². The Morgan fingerprint density at radius 1 is 0.833 bits per heavy atom. The Kier molecular flexibility index (Phi) is 3.92. The molecule has 0 aliphatic heterocycles. The number of para-hydroxylation sites is 1. The zero-order chi connectivity index (χ0) is 16.4. The first-order valence-corrected chi connectivity index (χ1v) is 8.06. The van der Waals surface area contributed by atoms with Crippen molar-refractivity contribution < 1.29 is 4.74 Å². The van der Waals surface area contributed by atoms with Gasteiger partial charge in [-0.05, 0) is 35.0 Å². The number of rotatable bonds is 4. The number of hydrogen-bond acceptors (Lipinski definition) is 4. The molecule has 0 fully saturated rings. The fourth-order valence-corrected chi connectivity index (χ4v) is 2.92. The third-order valence-corrected chi connectivity index (χ3v) is 4.11. The van der Waals surface area contributed by atoms with Gasteiger partial charge in [0.15, 0.2) is 11.0 Å². The van der Waals surface area contributed by atoms with Gasteiger partial charge < -0.3 is 4.74 Å². The molecule has 3 aromatic carbocycles. The second-order valence-corrected chi connectivity index (χ2v) is 5.78. The molecular weight excluding hydrogens is 318 g/mol. The average Bonchev–Trinajstić information content (AvgIpc) is 3.01. The molecular formula is C19H15N3OS. The fourth-order valence-electron chi connectivity index (χ4n) is 2.65. The van der Waals surface area contributed by atoms with E-state index >= 15 is 0 Å². The van der Waals surface area contributed by atoms with Crippen LogP contribution in [0.25, 0.3) is 16.5 Å². The van der Waals surface area contributed by atoms with E-state index in [0.29, 0.717) is 17.6 Å². The average molecular weight is 333 g/mol. The van der Waals surface area contributed by atoms with Crippen LogP contribution in [-0.4, -0.2) is 14.8 Å². The van der Waals surface area contributed by atoms with E-state index in [-0.39, 0.29) is 0 Å². The van der Waals surface area contributed by atoms with E-state index < -0.39 is 0 Å². The lowest BCUT2D eigenvalue weighted by Gasteiger charge is -2.10. The Morgan fingerprint density at radius 3 is 2.42 bits per heavy atom. The molecule has 0 spiro atoms. The quantitative estimate of drug-likeness (QED) is 0.566. The van der Waals surface area contributed by atoms with Crippen LogP contribution in [-0.2, 0) is 6.61 Å². The van der Waals surface area contributed by atoms with Gasteiger partial charge in [-0.3, -0.25) is 4.57 Å². The Balaban J connectivity index is 1.60. The lowest BCUT2D eigenvalue weighted by atomic mass is 10.1. The molecule has 1 aromatic heterocycles. The number of aromatic nitrogens is 3. The molecule has 118 valence electrons. The molecule has 0 aliphatic carbocycles. The molecule has 0 aliphatic rings. The van der Waals surface area contributed by atoms with Crippen LogP contribution in [0.5, 0.6) is 5.75 Å². The predicted octanol–water partition coefficient (Wildman–Crippen LogP) is 4.29. The molecule has 0 bridgehead atoms. The summed E-state index contributed by atoms with van der Waals surface area (Å²) in [7, 11) is 0. The van der Waals surface area contributed by atoms with Gasteiger partial charge in [-0.1, -0.05) is 48.5 Å². The van der Waals surface area contributed by atoms with Crippen molar-refractivity contribution in [2.75, 3.05) is 0 Å². The maximum atomic E-state index is 5.92. The highest BCUT2D eigenvalue weighted by Gasteiger charge is 2.12. The number of ether oxygens (including phenoxy) is 1. The van der Waals surface area contributed by atoms with Crippen molar-refractivity contribution in [3.8, 4) is 11.4 Å². The molecule has 0 amide bonds. The van der Waals surface area contributed by atoms with Crippen molar-refractivity contribution in [1.82, 2.24) is 14.8 Å². The summed E-state index contributed by atoms with van der Waals surface area (Å²) in [5.74, 6) is 1.51. The molecule has 5 heteroatoms. The summed E-state index contributed by atoms with van der Waals surface area (Å²) >= 11 is 4.39. The molecule has 0 atom stereocenters. The molecule has 0 unspecified atom stereocenters. The minimum atomic E-state index is 0.320. The minimum absolute atomic E-state index is 0.320. The Labute approximate surface area is 145 Å². The van der Waals surface area contributed by atoms with Crippen LogP contribution in [0.3, 0.4) is 0 Å². The van der Waals surface area contributed by atoms with Gasteiger partial charge in [-0.2, -0.15) is 0 Å². The number of fused-ring (bicyclic) bond motifs is 1. The largest absolute Gasteiger partial charge is 0.486 e. The van der Waals surface area contributed by atoms with E-state index in [1.54, 1.807) is 0 Å². The summed E-state index contributed by atoms with van der Waals surface area (Å²) in [5.41, 5.74) is 0.963. The molecule has 0 N–H and O–H groups in total. The molecule has 24 heavy (non-hydrogen) atoms. The van der Waals surface area contributed by atoms with Gasteiger partial charge in [0, 0.05) is 5.69 Å². The third-order valence-electron chi connectivity index (χ3n) is 3.82. The summed E-state index contributed by atoms with van der Waals surface area (Å²) in [4.78, 5) is 0. The van der Waals surface area contributed by atoms with Gasteiger partial charge in [0.05, 0.1) is 0 Å². The Morgan fingerprint density at radius 2 is 1.58 bits per heavy atom. The van der Waals surface area contributed by atoms with Gasteiger partial charge in [0.2, 0.25) is 0 Å². The summed E-state index contributed by atoms with van der Waals surface area (Å²) in [6.07, 6.45) is 0. The highest BCUT2D eigenvalue weighted by Crippen LogP contribution is 2.22. The van der Waals surface area contributed by atoms with Gasteiger partial charge in [-0.25, -0.2) is 0 Å². The Hall–Kier alpha value is -2.79. The maximum Gasteiger partial charge on any atom is 0.192 e. The molecule has 4 rings (SSSR count). The monoisotopic (exact) mass is 333 g/mol. The summed E-state index contributed by atoms with van der Waals surface area (Å²) in [6, 6.07) is 24.1. The maximum absolute atomic E-state index is 5.92. The summed E-state index contributed by atoms with van der Waals surface area (Å²) in [6.45, 7) is 0.320. The van der Waals surface area contributed by atoms with Crippen LogP contribution in [0.4, 0.5) is 0 Å². The van der Waals surface area contributed by atoms with Crippen LogP contribution in [0.15, 0.2) is 78.0 Å². The van der Waals surface area contributed by atoms with Gasteiger partial charge >= 0.3 is 0 Å². The van der Waals surface area contributed by atoms with E-state index in [1.807, 2.05) is 59.2 Å². The highest BCUT2D eigenvalue weighted by molar-refractivity contribution is 7.80. The van der Waals surface area contributed by atoms with Gasteiger partial charge in [-0.15, -0.1) is 22.8 Å². The predicted molar refractivity (Wildman–Crippen MR) is 96.9 cm³/mol. The molecule has 4 aromatic rings. The normalized spacial score (nSPS) is 10.9. The third kappa shape index (κ3) is 2.86. The molecule has 1 heterocycles. The first kappa shape index (κ1) is 14.8. The Bertz CT molecular complexity index is 982. The van der Waals surface area contributed by atoms with E-state index in [4.69, 9.17) is 4.74 Å². The second kappa shape index (κ2) is 6.37. The second-order valence-electron chi connectivity index (χ2n) is 5.38. The zero-order valence-electron chi connectivity index (χ0n) is 12.8. The first-order chi connectivity index (χ1) is 11.8. The SMILES string of the molecule is Sc1nnc(COc2ccc3ccccc3c2)n1-c1ccccc1. The summed E-state index contributed by atoms with van der Waals surface area (Å²) in [5, 5.41) is 11.1. The van der Waals surface area contributed by atoms with Crippen molar-refractivity contribution in [3.05, 3.63) is 78.6 Å². The smallest absolute Gasteiger partial charge is 0.192 e. The van der Waals surface area contributed by atoms with E-state index in [9.17, 15) is 0 Å². The number of nitrogens with zero attached hydrogens (tertiary/aromatic N) is 3. The molecule has 0 radical (unpaired) electrons. The van der Waals surface area contributed by atoms with Crippen molar-refractivity contribution >= 4 is 23.4 Å². The standard InChI is InChI=1S/C19H15N3OS/c24-19-21-20-18(22(19)16-8-2-1-3-9-16)13-23-17-11-10-14-6-4-5-7-15(14)12-17/h1-12H,13H2,(H,21,24). The van der Waals surface area contributed by atoms with E-state index in [0.717, 1.165) is 16.8 Å². The lowest BCUT2D eigenvalue weighted by molar-refractivity contribution is 0.293. The topological polar surface area (TPSA) is 39.9 Å². The van der Waals surface area contributed by atoms with Gasteiger partial charge in [0.25, 0.3) is 0 Å². The van der Waals surface area contributed by atoms with Crippen LogP contribution in [0, 0.1) is 0 Å². The van der Waals surface area contributed by atoms with Crippen LogP contribution in [0.1, 0.15) is 5.82 Å². The zero-order valence-corrected chi connectivity index (χ0v) is 13.7. The van der Waals surface area contributed by atoms with Crippen LogP contribution in [0.2, 0.25) is 0 Å².